The number of rotatable bonds is 10. The van der Waals surface area contributed by atoms with E-state index in [9.17, 15) is 4.39 Å². The van der Waals surface area contributed by atoms with E-state index in [1.807, 2.05) is 43.3 Å². The first kappa shape index (κ1) is 25.5. The lowest BCUT2D eigenvalue weighted by molar-refractivity contribution is 0.264. The largest absolute Gasteiger partial charge is 0.490 e. The molecule has 166 valence electrons. The molecule has 3 aromatic rings. The molecule has 1 N–H and O–H groups in total. The van der Waals surface area contributed by atoms with E-state index >= 15 is 0 Å². The molecule has 7 heteroatoms. The quantitative estimate of drug-likeness (QED) is 0.288. The van der Waals surface area contributed by atoms with Gasteiger partial charge < -0.3 is 14.8 Å². The molecule has 0 bridgehead atoms. The lowest BCUT2D eigenvalue weighted by Crippen LogP contribution is -2.17. The molecule has 0 saturated heterocycles. The predicted molar refractivity (Wildman–Crippen MR) is 130 cm³/mol. The second-order valence-electron chi connectivity index (χ2n) is 6.77. The van der Waals surface area contributed by atoms with Crippen LogP contribution in [-0.4, -0.2) is 13.2 Å². The fraction of sp³-hybridized carbons (Fsp3) is 0.250. The van der Waals surface area contributed by atoms with Crippen molar-refractivity contribution >= 4 is 39.9 Å². The number of hydrogen-bond donors (Lipinski definition) is 1. The van der Waals surface area contributed by atoms with E-state index in [4.69, 9.17) is 21.1 Å². The third-order valence-electron chi connectivity index (χ3n) is 4.53. The SMILES string of the molecule is CCOc1cc(CNCCc2ccc(Cl)cc2)cc(Br)c1OCc1ccccc1F.Cl. The van der Waals surface area contributed by atoms with Crippen molar-refractivity contribution in [2.24, 2.45) is 0 Å². The summed E-state index contributed by atoms with van der Waals surface area (Å²) >= 11 is 9.50. The maximum absolute atomic E-state index is 13.9. The molecule has 0 aliphatic rings. The molecule has 31 heavy (non-hydrogen) atoms. The number of ether oxygens (including phenoxy) is 2. The Kier molecular flexibility index (Phi) is 10.6. The maximum Gasteiger partial charge on any atom is 0.175 e. The van der Waals surface area contributed by atoms with Gasteiger partial charge in [-0.05, 0) is 77.3 Å². The highest BCUT2D eigenvalue weighted by atomic mass is 79.9. The average Bonchev–Trinajstić information content (AvgIpc) is 2.73. The summed E-state index contributed by atoms with van der Waals surface area (Å²) in [5.41, 5.74) is 2.81. The Hall–Kier alpha value is -1.79. The average molecular weight is 529 g/mol. The van der Waals surface area contributed by atoms with Crippen LogP contribution in [-0.2, 0) is 19.6 Å². The summed E-state index contributed by atoms with van der Waals surface area (Å²) in [5, 5.41) is 4.19. The number of benzene rings is 3. The van der Waals surface area contributed by atoms with E-state index in [0.717, 1.165) is 28.0 Å². The van der Waals surface area contributed by atoms with Gasteiger partial charge in [0.15, 0.2) is 11.5 Å². The zero-order valence-corrected chi connectivity index (χ0v) is 20.3. The summed E-state index contributed by atoms with van der Waals surface area (Å²) in [5.74, 6) is 0.927. The van der Waals surface area contributed by atoms with Gasteiger partial charge in [-0.25, -0.2) is 4.39 Å². The minimum atomic E-state index is -0.284. The minimum absolute atomic E-state index is 0. The summed E-state index contributed by atoms with van der Waals surface area (Å²) in [6.45, 7) is 4.10. The predicted octanol–water partition coefficient (Wildman–Crippen LogP) is 6.97. The Morgan fingerprint density at radius 2 is 1.74 bits per heavy atom. The molecule has 3 nitrogen and oxygen atoms in total. The number of nitrogens with one attached hydrogen (secondary N) is 1. The van der Waals surface area contributed by atoms with Gasteiger partial charge in [0.1, 0.15) is 12.4 Å². The molecule has 3 rings (SSSR count). The Morgan fingerprint density at radius 1 is 1.00 bits per heavy atom. The molecule has 0 aliphatic heterocycles. The van der Waals surface area contributed by atoms with E-state index < -0.39 is 0 Å². The first-order valence-corrected chi connectivity index (χ1v) is 11.0. The van der Waals surface area contributed by atoms with Gasteiger partial charge >= 0.3 is 0 Å². The smallest absolute Gasteiger partial charge is 0.175 e. The summed E-state index contributed by atoms with van der Waals surface area (Å²) in [7, 11) is 0. The highest BCUT2D eigenvalue weighted by molar-refractivity contribution is 9.10. The normalized spacial score (nSPS) is 10.5. The van der Waals surface area contributed by atoms with Gasteiger partial charge in [0.05, 0.1) is 11.1 Å². The lowest BCUT2D eigenvalue weighted by Gasteiger charge is -2.16. The molecule has 0 heterocycles. The van der Waals surface area contributed by atoms with Gasteiger partial charge in [-0.15, -0.1) is 12.4 Å². The zero-order valence-electron chi connectivity index (χ0n) is 17.2. The van der Waals surface area contributed by atoms with Gasteiger partial charge in [-0.3, -0.25) is 0 Å². The molecule has 0 radical (unpaired) electrons. The molecular weight excluding hydrogens is 504 g/mol. The fourth-order valence-electron chi connectivity index (χ4n) is 3.01. The highest BCUT2D eigenvalue weighted by Crippen LogP contribution is 2.37. The molecule has 0 spiro atoms. The van der Waals surface area contributed by atoms with E-state index in [1.54, 1.807) is 18.2 Å². The van der Waals surface area contributed by atoms with Crippen LogP contribution in [0.25, 0.3) is 0 Å². The molecule has 0 unspecified atom stereocenters. The van der Waals surface area contributed by atoms with Gasteiger partial charge in [0.25, 0.3) is 0 Å². The van der Waals surface area contributed by atoms with Crippen LogP contribution in [0.4, 0.5) is 4.39 Å². The summed E-state index contributed by atoms with van der Waals surface area (Å²) < 4.78 is 26.3. The molecule has 0 aliphatic carbocycles. The highest BCUT2D eigenvalue weighted by Gasteiger charge is 2.13. The Balaban J connectivity index is 0.00000341. The van der Waals surface area contributed by atoms with Gasteiger partial charge in [0, 0.05) is 17.1 Å². The number of halogens is 4. The van der Waals surface area contributed by atoms with E-state index in [2.05, 4.69) is 21.2 Å². The second-order valence-corrected chi connectivity index (χ2v) is 8.06. The van der Waals surface area contributed by atoms with Crippen molar-refractivity contribution in [2.45, 2.75) is 26.5 Å². The summed E-state index contributed by atoms with van der Waals surface area (Å²) in [4.78, 5) is 0. The molecule has 3 aromatic carbocycles. The van der Waals surface area contributed by atoms with Crippen LogP contribution < -0.4 is 14.8 Å². The van der Waals surface area contributed by atoms with Gasteiger partial charge in [0.2, 0.25) is 0 Å². The van der Waals surface area contributed by atoms with Gasteiger partial charge in [-0.1, -0.05) is 41.9 Å². The van der Waals surface area contributed by atoms with Crippen molar-refractivity contribution in [3.05, 3.63) is 92.7 Å². The van der Waals surface area contributed by atoms with Crippen molar-refractivity contribution < 1.29 is 13.9 Å². The van der Waals surface area contributed by atoms with Crippen molar-refractivity contribution in [3.63, 3.8) is 0 Å². The van der Waals surface area contributed by atoms with Crippen LogP contribution in [0.3, 0.4) is 0 Å². The van der Waals surface area contributed by atoms with Gasteiger partial charge in [-0.2, -0.15) is 0 Å². The lowest BCUT2D eigenvalue weighted by atomic mass is 10.1. The first-order valence-electron chi connectivity index (χ1n) is 9.83. The Labute approximate surface area is 202 Å². The van der Waals surface area contributed by atoms with Crippen LogP contribution in [0, 0.1) is 5.82 Å². The van der Waals surface area contributed by atoms with Crippen molar-refractivity contribution in [2.75, 3.05) is 13.2 Å². The fourth-order valence-corrected chi connectivity index (χ4v) is 3.74. The summed E-state index contributed by atoms with van der Waals surface area (Å²) in [6.07, 6.45) is 0.917. The van der Waals surface area contributed by atoms with Crippen LogP contribution in [0.1, 0.15) is 23.6 Å². The van der Waals surface area contributed by atoms with Crippen LogP contribution >= 0.6 is 39.9 Å². The third-order valence-corrected chi connectivity index (χ3v) is 5.37. The molecule has 0 saturated carbocycles. The van der Waals surface area contributed by atoms with E-state index in [0.29, 0.717) is 30.2 Å². The van der Waals surface area contributed by atoms with Crippen molar-refractivity contribution in [1.82, 2.24) is 5.32 Å². The van der Waals surface area contributed by atoms with Crippen molar-refractivity contribution in [3.8, 4) is 11.5 Å². The second kappa shape index (κ2) is 12.9. The first-order chi connectivity index (χ1) is 14.6. The summed E-state index contributed by atoms with van der Waals surface area (Å²) in [6, 6.07) is 18.4. The van der Waals surface area contributed by atoms with Crippen LogP contribution in [0.5, 0.6) is 11.5 Å². The minimum Gasteiger partial charge on any atom is -0.490 e. The van der Waals surface area contributed by atoms with Crippen LogP contribution in [0.15, 0.2) is 65.1 Å². The topological polar surface area (TPSA) is 30.5 Å². The number of hydrogen-bond acceptors (Lipinski definition) is 3. The maximum atomic E-state index is 13.9. The molecule has 0 fully saturated rings. The zero-order chi connectivity index (χ0) is 21.3. The molecular formula is C24H25BrCl2FNO2. The van der Waals surface area contributed by atoms with E-state index in [-0.39, 0.29) is 24.8 Å². The monoisotopic (exact) mass is 527 g/mol. The molecule has 0 aromatic heterocycles. The third kappa shape index (κ3) is 7.69. The molecule has 0 atom stereocenters. The van der Waals surface area contributed by atoms with Crippen molar-refractivity contribution in [1.29, 1.82) is 0 Å². The Morgan fingerprint density at radius 3 is 2.45 bits per heavy atom. The van der Waals surface area contributed by atoms with Crippen LogP contribution in [0.2, 0.25) is 5.02 Å². The van der Waals surface area contributed by atoms with E-state index in [1.165, 1.54) is 11.6 Å². The standard InChI is InChI=1S/C24H24BrClFNO2.ClH/c1-2-29-23-14-18(15-28-12-11-17-7-9-20(26)10-8-17)13-21(25)24(23)30-16-19-5-3-4-6-22(19)27;/h3-10,13-14,28H,2,11-12,15-16H2,1H3;1H. The Bertz CT molecular complexity index is 970. The molecule has 0 amide bonds.